The van der Waals surface area contributed by atoms with Crippen LogP contribution < -0.4 is 0 Å². The Morgan fingerprint density at radius 1 is 0.667 bits per heavy atom. The number of methoxy groups -OCH3 is 2. The maximum atomic E-state index is 13.3. The predicted molar refractivity (Wildman–Crippen MR) is 140 cm³/mol. The second kappa shape index (κ2) is 17.0. The van der Waals surface area contributed by atoms with Crippen LogP contribution in [0.4, 0.5) is 0 Å². The lowest BCUT2D eigenvalue weighted by atomic mass is 9.85. The highest BCUT2D eigenvalue weighted by atomic mass is 32.2. The first kappa shape index (κ1) is 28.9. The molecule has 1 aliphatic rings. The molecule has 5 atom stereocenters. The molecular formula is C28H40O7S. The maximum Gasteiger partial charge on any atom is 0.147 e. The number of rotatable bonds is 16. The smallest absolute Gasteiger partial charge is 0.147 e. The second-order valence-electron chi connectivity index (χ2n) is 8.97. The van der Waals surface area contributed by atoms with Crippen molar-refractivity contribution >= 4 is 10.8 Å². The van der Waals surface area contributed by atoms with Gasteiger partial charge in [-0.1, -0.05) is 60.7 Å². The van der Waals surface area contributed by atoms with Crippen LogP contribution in [0.15, 0.2) is 60.7 Å². The van der Waals surface area contributed by atoms with Crippen molar-refractivity contribution in [2.24, 2.45) is 11.8 Å². The standard InChI is InChI=1S/C28H40O7S/c1-30-13-15-32-21-34-27-25(17-23-9-5-3-6-10-23)19-36(29)20-26(18-24-11-7-4-8-12-24)28(27)35-22-33-16-14-31-2/h3-12,25-28H,13-22H2,1-2H3/t25-,26?,27-,28-,36?/m0/s1. The molecule has 0 N–H and O–H groups in total. The first-order chi connectivity index (χ1) is 17.7. The van der Waals surface area contributed by atoms with E-state index in [0.717, 1.165) is 12.8 Å². The van der Waals surface area contributed by atoms with Gasteiger partial charge in [0.05, 0.1) is 38.6 Å². The molecule has 0 aliphatic carbocycles. The van der Waals surface area contributed by atoms with Gasteiger partial charge in [-0.15, -0.1) is 0 Å². The normalized spacial score (nSPS) is 24.4. The van der Waals surface area contributed by atoms with Crippen molar-refractivity contribution in [3.63, 3.8) is 0 Å². The van der Waals surface area contributed by atoms with Crippen LogP contribution >= 0.6 is 0 Å². The lowest BCUT2D eigenvalue weighted by Crippen LogP contribution is -2.44. The molecular weight excluding hydrogens is 480 g/mol. The maximum absolute atomic E-state index is 13.3. The first-order valence-corrected chi connectivity index (χ1v) is 14.0. The summed E-state index contributed by atoms with van der Waals surface area (Å²) < 4.78 is 47.6. The third-order valence-corrected chi connectivity index (χ3v) is 7.89. The SMILES string of the molecule is COCCOCO[C@H]1[C@@H](Cc2ccccc2)CS(=O)CC(Cc2ccccc2)[C@@H]1OCOCCOC. The van der Waals surface area contributed by atoms with E-state index >= 15 is 0 Å². The Hall–Kier alpha value is -1.65. The van der Waals surface area contributed by atoms with Crippen molar-refractivity contribution in [2.75, 3.05) is 65.7 Å². The summed E-state index contributed by atoms with van der Waals surface area (Å²) in [6.45, 7) is 2.11. The number of hydrogen-bond acceptors (Lipinski definition) is 7. The minimum absolute atomic E-state index is 0.00371. The van der Waals surface area contributed by atoms with Crippen LogP contribution in [0.3, 0.4) is 0 Å². The molecule has 2 aromatic rings. The molecule has 0 spiro atoms. The topological polar surface area (TPSA) is 72.5 Å². The summed E-state index contributed by atoms with van der Waals surface area (Å²) in [6, 6.07) is 20.5. The van der Waals surface area contributed by atoms with Crippen molar-refractivity contribution in [3.8, 4) is 0 Å². The lowest BCUT2D eigenvalue weighted by molar-refractivity contribution is -0.193. The van der Waals surface area contributed by atoms with Crippen LogP contribution in [-0.4, -0.2) is 82.2 Å². The fourth-order valence-electron chi connectivity index (χ4n) is 4.57. The van der Waals surface area contributed by atoms with Crippen LogP contribution in [0, 0.1) is 11.8 Å². The van der Waals surface area contributed by atoms with Crippen molar-refractivity contribution < 1.29 is 32.6 Å². The average Bonchev–Trinajstić information content (AvgIpc) is 3.00. The van der Waals surface area contributed by atoms with Crippen molar-refractivity contribution in [2.45, 2.75) is 25.0 Å². The minimum Gasteiger partial charge on any atom is -0.382 e. The van der Waals surface area contributed by atoms with Gasteiger partial charge in [-0.25, -0.2) is 0 Å². The summed E-state index contributed by atoms with van der Waals surface area (Å²) in [5.74, 6) is 1.11. The van der Waals surface area contributed by atoms with Gasteiger partial charge in [0.1, 0.15) is 13.6 Å². The summed E-state index contributed by atoms with van der Waals surface area (Å²) >= 11 is 0. The molecule has 200 valence electrons. The first-order valence-electron chi connectivity index (χ1n) is 12.5. The summed E-state index contributed by atoms with van der Waals surface area (Å²) in [6.07, 6.45) is 0.882. The van der Waals surface area contributed by atoms with Gasteiger partial charge in [-0.2, -0.15) is 0 Å². The van der Waals surface area contributed by atoms with Crippen molar-refractivity contribution in [3.05, 3.63) is 71.8 Å². The molecule has 7 nitrogen and oxygen atoms in total. The van der Waals surface area contributed by atoms with Gasteiger partial charge >= 0.3 is 0 Å². The Morgan fingerprint density at radius 3 is 1.47 bits per heavy atom. The molecule has 3 rings (SSSR count). The fourth-order valence-corrected chi connectivity index (χ4v) is 6.28. The number of hydrogen-bond donors (Lipinski definition) is 0. The molecule has 1 aliphatic heterocycles. The Balaban J connectivity index is 1.83. The van der Waals surface area contributed by atoms with E-state index in [1.807, 2.05) is 36.4 Å². The van der Waals surface area contributed by atoms with Crippen LogP contribution in [0.25, 0.3) is 0 Å². The molecule has 8 heteroatoms. The number of benzene rings is 2. The second-order valence-corrected chi connectivity index (χ2v) is 10.5. The molecule has 36 heavy (non-hydrogen) atoms. The van der Waals surface area contributed by atoms with E-state index in [4.69, 9.17) is 28.4 Å². The third-order valence-electron chi connectivity index (χ3n) is 6.29. The average molecular weight is 521 g/mol. The van der Waals surface area contributed by atoms with Crippen LogP contribution in [0.1, 0.15) is 11.1 Å². The van der Waals surface area contributed by atoms with Crippen molar-refractivity contribution in [1.29, 1.82) is 0 Å². The van der Waals surface area contributed by atoms with E-state index in [1.54, 1.807) is 14.2 Å². The molecule has 0 bridgehead atoms. The Labute approximate surface area is 217 Å². The third kappa shape index (κ3) is 10.0. The molecule has 0 aromatic heterocycles. The van der Waals surface area contributed by atoms with E-state index in [9.17, 15) is 4.21 Å². The lowest BCUT2D eigenvalue weighted by Gasteiger charge is -2.35. The number of ether oxygens (including phenoxy) is 6. The highest BCUT2D eigenvalue weighted by Gasteiger charge is 2.41. The quantitative estimate of drug-likeness (QED) is 0.248. The van der Waals surface area contributed by atoms with Gasteiger partial charge < -0.3 is 28.4 Å². The molecule has 1 fully saturated rings. The van der Waals surface area contributed by atoms with Gasteiger partial charge in [-0.05, 0) is 24.0 Å². The van der Waals surface area contributed by atoms with E-state index in [2.05, 4.69) is 24.3 Å². The Bertz CT molecular complexity index is 782. The highest BCUT2D eigenvalue weighted by molar-refractivity contribution is 7.85. The van der Waals surface area contributed by atoms with Crippen LogP contribution in [0.5, 0.6) is 0 Å². The molecule has 0 saturated carbocycles. The van der Waals surface area contributed by atoms with Gasteiger partial charge in [0, 0.05) is 48.4 Å². The molecule has 1 heterocycles. The highest BCUT2D eigenvalue weighted by Crippen LogP contribution is 2.31. The largest absolute Gasteiger partial charge is 0.382 e. The van der Waals surface area contributed by atoms with Gasteiger partial charge in [0.15, 0.2) is 0 Å². The van der Waals surface area contributed by atoms with E-state index in [1.165, 1.54) is 11.1 Å². The zero-order valence-electron chi connectivity index (χ0n) is 21.4. The summed E-state index contributed by atoms with van der Waals surface area (Å²) in [5.41, 5.74) is 2.37. The molecule has 0 amide bonds. The summed E-state index contributed by atoms with van der Waals surface area (Å²) in [7, 11) is 2.27. The molecule has 0 radical (unpaired) electrons. The van der Waals surface area contributed by atoms with Crippen LogP contribution in [-0.2, 0) is 52.1 Å². The van der Waals surface area contributed by atoms with E-state index in [0.29, 0.717) is 37.9 Å². The Morgan fingerprint density at radius 2 is 1.08 bits per heavy atom. The van der Waals surface area contributed by atoms with Gasteiger partial charge in [-0.3, -0.25) is 4.21 Å². The van der Waals surface area contributed by atoms with Crippen LogP contribution in [0.2, 0.25) is 0 Å². The minimum atomic E-state index is -1.01. The summed E-state index contributed by atoms with van der Waals surface area (Å²) in [5, 5.41) is 0. The molecule has 2 unspecified atom stereocenters. The van der Waals surface area contributed by atoms with E-state index < -0.39 is 10.8 Å². The summed E-state index contributed by atoms with van der Waals surface area (Å²) in [4.78, 5) is 0. The zero-order valence-corrected chi connectivity index (χ0v) is 22.2. The predicted octanol–water partition coefficient (Wildman–Crippen LogP) is 3.48. The molecule has 2 aromatic carbocycles. The van der Waals surface area contributed by atoms with Gasteiger partial charge in [0.2, 0.25) is 0 Å². The fraction of sp³-hybridized carbons (Fsp3) is 0.571. The van der Waals surface area contributed by atoms with E-state index in [-0.39, 0.29) is 37.6 Å². The Kier molecular flexibility index (Phi) is 13.6. The zero-order chi connectivity index (χ0) is 25.4. The van der Waals surface area contributed by atoms with Gasteiger partial charge in [0.25, 0.3) is 0 Å². The molecule has 1 saturated heterocycles. The monoisotopic (exact) mass is 520 g/mol. The van der Waals surface area contributed by atoms with Crippen molar-refractivity contribution in [1.82, 2.24) is 0 Å².